The van der Waals surface area contributed by atoms with E-state index in [-0.39, 0.29) is 17.8 Å². The lowest BCUT2D eigenvalue weighted by Gasteiger charge is -2.07. The number of aryl methyl sites for hydroxylation is 1. The summed E-state index contributed by atoms with van der Waals surface area (Å²) in [6.07, 6.45) is -1.69. The van der Waals surface area contributed by atoms with Crippen molar-refractivity contribution in [3.63, 3.8) is 0 Å². The highest BCUT2D eigenvalue weighted by molar-refractivity contribution is 5.86. The average molecular weight is 328 g/mol. The van der Waals surface area contributed by atoms with Crippen molar-refractivity contribution in [1.29, 1.82) is 0 Å². The molecule has 9 heteroatoms. The van der Waals surface area contributed by atoms with E-state index >= 15 is 0 Å². The first-order chi connectivity index (χ1) is 10.8. The number of halogens is 3. The van der Waals surface area contributed by atoms with Crippen LogP contribution in [0.4, 0.5) is 13.2 Å². The Bertz CT molecular complexity index is 680. The first kappa shape index (κ1) is 16.9. The molecule has 0 radical (unpaired) electrons. The molecule has 0 aliphatic carbocycles. The zero-order valence-electron chi connectivity index (χ0n) is 12.5. The molecule has 6 nitrogen and oxygen atoms in total. The number of nitrogens with zero attached hydrogens (tertiary/aromatic N) is 3. The van der Waals surface area contributed by atoms with Crippen molar-refractivity contribution in [1.82, 2.24) is 20.1 Å². The highest BCUT2D eigenvalue weighted by Gasteiger charge is 2.36. The number of esters is 1. The minimum absolute atomic E-state index is 0.0153. The number of pyridine rings is 1. The second-order valence-corrected chi connectivity index (χ2v) is 4.82. The Morgan fingerprint density at radius 1 is 1.35 bits per heavy atom. The molecule has 0 aliphatic heterocycles. The van der Waals surface area contributed by atoms with E-state index in [9.17, 15) is 18.0 Å². The molecule has 0 spiro atoms. The summed E-state index contributed by atoms with van der Waals surface area (Å²) in [5, 5.41) is 6.33. The summed E-state index contributed by atoms with van der Waals surface area (Å²) >= 11 is 0. The summed E-state index contributed by atoms with van der Waals surface area (Å²) in [6, 6.07) is 3.15. The van der Waals surface area contributed by atoms with Crippen molar-refractivity contribution >= 4 is 5.97 Å². The van der Waals surface area contributed by atoms with Crippen LogP contribution in [0.2, 0.25) is 0 Å². The molecule has 0 bridgehead atoms. The number of nitrogens with one attached hydrogen (secondary N) is 1. The Labute approximate surface area is 130 Å². The van der Waals surface area contributed by atoms with Crippen LogP contribution in [-0.2, 0) is 31.1 Å². The number of rotatable bonds is 5. The Morgan fingerprint density at radius 2 is 2.09 bits per heavy atom. The normalized spacial score (nSPS) is 11.5. The van der Waals surface area contributed by atoms with Crippen molar-refractivity contribution < 1.29 is 22.7 Å². The molecule has 0 aromatic carbocycles. The average Bonchev–Trinajstić information content (AvgIpc) is 2.88. The number of ether oxygens (including phenoxy) is 1. The molecule has 0 aliphatic rings. The van der Waals surface area contributed by atoms with Gasteiger partial charge in [-0.3, -0.25) is 4.68 Å². The third-order valence-corrected chi connectivity index (χ3v) is 3.04. The Morgan fingerprint density at radius 3 is 2.65 bits per heavy atom. The first-order valence-electron chi connectivity index (χ1n) is 6.65. The topological polar surface area (TPSA) is 69.0 Å². The second-order valence-electron chi connectivity index (χ2n) is 4.82. The number of carbonyl (C=O) groups is 1. The van der Waals surface area contributed by atoms with Gasteiger partial charge in [0, 0.05) is 38.1 Å². The van der Waals surface area contributed by atoms with E-state index in [1.165, 1.54) is 32.6 Å². The smallest absolute Gasteiger partial charge is 0.435 e. The third-order valence-electron chi connectivity index (χ3n) is 3.04. The van der Waals surface area contributed by atoms with Crippen LogP contribution in [0.1, 0.15) is 27.3 Å². The molecule has 1 N–H and O–H groups in total. The lowest BCUT2D eigenvalue weighted by Crippen LogP contribution is -2.17. The van der Waals surface area contributed by atoms with Gasteiger partial charge in [-0.2, -0.15) is 18.3 Å². The summed E-state index contributed by atoms with van der Waals surface area (Å²) in [6.45, 7) is 0.322. The molecule has 0 unspecified atom stereocenters. The van der Waals surface area contributed by atoms with Gasteiger partial charge in [0.25, 0.3) is 0 Å². The molecular weight excluding hydrogens is 313 g/mol. The maximum Gasteiger partial charge on any atom is 0.435 e. The van der Waals surface area contributed by atoms with Gasteiger partial charge >= 0.3 is 12.1 Å². The lowest BCUT2D eigenvalue weighted by molar-refractivity contribution is -0.142. The van der Waals surface area contributed by atoms with Gasteiger partial charge in [-0.1, -0.05) is 6.07 Å². The van der Waals surface area contributed by atoms with Crippen LogP contribution in [0.25, 0.3) is 0 Å². The molecular formula is C14H15F3N4O2. The van der Waals surface area contributed by atoms with Gasteiger partial charge < -0.3 is 10.1 Å². The summed E-state index contributed by atoms with van der Waals surface area (Å²) in [7, 11) is 2.69. The molecule has 124 valence electrons. The predicted octanol–water partition coefficient (Wildman–Crippen LogP) is 1.91. The fourth-order valence-corrected chi connectivity index (χ4v) is 2.00. The zero-order chi connectivity index (χ0) is 17.0. The van der Waals surface area contributed by atoms with Gasteiger partial charge in [0.15, 0.2) is 5.69 Å². The van der Waals surface area contributed by atoms with E-state index in [0.29, 0.717) is 6.54 Å². The molecule has 2 rings (SSSR count). The standard InChI is InChI=1S/C14H15F3N4O2/c1-21-8-10(12(20-21)14(15,16)17)7-18-5-9-3-4-11(19-6-9)13(22)23-2/h3-4,6,8,18H,5,7H2,1-2H3. The Kier molecular flexibility index (Phi) is 4.99. The quantitative estimate of drug-likeness (QED) is 0.849. The SMILES string of the molecule is COC(=O)c1ccc(CNCc2cn(C)nc2C(F)(F)F)cn1. The molecule has 2 aromatic heterocycles. The third kappa shape index (κ3) is 4.28. The van der Waals surface area contributed by atoms with Gasteiger partial charge in [0.2, 0.25) is 0 Å². The largest absolute Gasteiger partial charge is 0.464 e. The summed E-state index contributed by atoms with van der Waals surface area (Å²) in [5.74, 6) is -0.547. The van der Waals surface area contributed by atoms with Crippen LogP contribution in [0.15, 0.2) is 24.5 Å². The molecule has 23 heavy (non-hydrogen) atoms. The zero-order valence-corrected chi connectivity index (χ0v) is 12.5. The highest BCUT2D eigenvalue weighted by Crippen LogP contribution is 2.30. The molecule has 0 saturated carbocycles. The fourth-order valence-electron chi connectivity index (χ4n) is 2.00. The van der Waals surface area contributed by atoms with E-state index in [1.54, 1.807) is 6.07 Å². The number of methoxy groups -OCH3 is 1. The lowest BCUT2D eigenvalue weighted by atomic mass is 10.2. The minimum Gasteiger partial charge on any atom is -0.464 e. The van der Waals surface area contributed by atoms with E-state index < -0.39 is 17.8 Å². The van der Waals surface area contributed by atoms with E-state index in [1.807, 2.05) is 0 Å². The van der Waals surface area contributed by atoms with Crippen LogP contribution in [0.5, 0.6) is 0 Å². The predicted molar refractivity (Wildman–Crippen MR) is 74.3 cm³/mol. The van der Waals surface area contributed by atoms with Crippen LogP contribution >= 0.6 is 0 Å². The van der Waals surface area contributed by atoms with Crippen molar-refractivity contribution in [2.45, 2.75) is 19.3 Å². The van der Waals surface area contributed by atoms with Crippen LogP contribution < -0.4 is 5.32 Å². The molecule has 2 aromatic rings. The molecule has 0 atom stereocenters. The number of alkyl halides is 3. The first-order valence-corrected chi connectivity index (χ1v) is 6.65. The molecule has 2 heterocycles. The molecule has 0 fully saturated rings. The van der Waals surface area contributed by atoms with E-state index in [4.69, 9.17) is 0 Å². The van der Waals surface area contributed by atoms with Crippen LogP contribution in [0.3, 0.4) is 0 Å². The monoisotopic (exact) mass is 328 g/mol. The Hall–Kier alpha value is -2.42. The highest BCUT2D eigenvalue weighted by atomic mass is 19.4. The number of hydrogen-bond acceptors (Lipinski definition) is 5. The van der Waals surface area contributed by atoms with Crippen LogP contribution in [-0.4, -0.2) is 27.8 Å². The maximum absolute atomic E-state index is 12.8. The summed E-state index contributed by atoms with van der Waals surface area (Å²) in [5.41, 5.74) is 0.0729. The van der Waals surface area contributed by atoms with Crippen LogP contribution in [0, 0.1) is 0 Å². The van der Waals surface area contributed by atoms with Gasteiger partial charge in [0.05, 0.1) is 7.11 Å². The fraction of sp³-hybridized carbons (Fsp3) is 0.357. The second kappa shape index (κ2) is 6.78. The van der Waals surface area contributed by atoms with Gasteiger partial charge in [0.1, 0.15) is 5.69 Å². The number of aromatic nitrogens is 3. The van der Waals surface area contributed by atoms with Gasteiger partial charge in [-0.25, -0.2) is 9.78 Å². The summed E-state index contributed by atoms with van der Waals surface area (Å²) in [4.78, 5) is 15.2. The van der Waals surface area contributed by atoms with Crippen molar-refractivity contribution in [2.75, 3.05) is 7.11 Å². The minimum atomic E-state index is -4.48. The Balaban J connectivity index is 1.97. The van der Waals surface area contributed by atoms with E-state index in [2.05, 4.69) is 20.1 Å². The van der Waals surface area contributed by atoms with Crippen molar-refractivity contribution in [2.24, 2.45) is 7.05 Å². The maximum atomic E-state index is 12.8. The van der Waals surface area contributed by atoms with Crippen molar-refractivity contribution in [3.8, 4) is 0 Å². The van der Waals surface area contributed by atoms with E-state index in [0.717, 1.165) is 10.2 Å². The van der Waals surface area contributed by atoms with Gasteiger partial charge in [-0.15, -0.1) is 0 Å². The number of carbonyl (C=O) groups excluding carboxylic acids is 1. The molecule has 0 saturated heterocycles. The summed E-state index contributed by atoms with van der Waals surface area (Å²) < 4.78 is 44.1. The number of hydrogen-bond donors (Lipinski definition) is 1. The van der Waals surface area contributed by atoms with Gasteiger partial charge in [-0.05, 0) is 11.6 Å². The molecule has 0 amide bonds. The van der Waals surface area contributed by atoms with Crippen molar-refractivity contribution in [3.05, 3.63) is 47.0 Å².